The van der Waals surface area contributed by atoms with Gasteiger partial charge < -0.3 is 14.8 Å². The summed E-state index contributed by atoms with van der Waals surface area (Å²) in [7, 11) is 1.69. The zero-order valence-electron chi connectivity index (χ0n) is 10.9. The van der Waals surface area contributed by atoms with E-state index in [0.29, 0.717) is 6.04 Å². The zero-order chi connectivity index (χ0) is 13.1. The molecule has 3 rings (SSSR count). The van der Waals surface area contributed by atoms with E-state index < -0.39 is 0 Å². The van der Waals surface area contributed by atoms with E-state index in [0.717, 1.165) is 31.1 Å². The summed E-state index contributed by atoms with van der Waals surface area (Å²) >= 11 is 1.73. The van der Waals surface area contributed by atoms with Crippen LogP contribution in [-0.2, 0) is 6.54 Å². The van der Waals surface area contributed by atoms with Crippen LogP contribution < -0.4 is 14.8 Å². The van der Waals surface area contributed by atoms with Gasteiger partial charge in [0.25, 0.3) is 0 Å². The number of benzene rings is 1. The predicted octanol–water partition coefficient (Wildman–Crippen LogP) is 3.37. The lowest BCUT2D eigenvalue weighted by Gasteiger charge is -2.27. The van der Waals surface area contributed by atoms with Crippen LogP contribution in [0.1, 0.15) is 23.6 Å². The van der Waals surface area contributed by atoms with Crippen molar-refractivity contribution in [3.63, 3.8) is 0 Å². The second-order valence-electron chi connectivity index (χ2n) is 4.61. The highest BCUT2D eigenvalue weighted by molar-refractivity contribution is 7.07. The number of hydrogen-bond donors (Lipinski definition) is 1. The van der Waals surface area contributed by atoms with Gasteiger partial charge in [-0.05, 0) is 40.6 Å². The number of methoxy groups -OCH3 is 1. The van der Waals surface area contributed by atoms with E-state index in [1.54, 1.807) is 18.4 Å². The first-order valence-electron chi connectivity index (χ1n) is 6.42. The monoisotopic (exact) mass is 275 g/mol. The van der Waals surface area contributed by atoms with E-state index >= 15 is 0 Å². The highest BCUT2D eigenvalue weighted by Crippen LogP contribution is 2.34. The molecule has 0 radical (unpaired) electrons. The molecule has 2 aromatic rings. The Bertz CT molecular complexity index is 539. The molecular formula is C15H17NO2S. The molecule has 0 fully saturated rings. The van der Waals surface area contributed by atoms with Crippen LogP contribution in [-0.4, -0.2) is 13.7 Å². The van der Waals surface area contributed by atoms with E-state index in [2.05, 4.69) is 28.2 Å². The molecular weight excluding hydrogens is 258 g/mol. The number of fused-ring (bicyclic) bond motifs is 1. The van der Waals surface area contributed by atoms with Crippen molar-refractivity contribution >= 4 is 11.3 Å². The van der Waals surface area contributed by atoms with Gasteiger partial charge in [-0.15, -0.1) is 0 Å². The lowest BCUT2D eigenvalue weighted by atomic mass is 10.00. The topological polar surface area (TPSA) is 30.5 Å². The minimum atomic E-state index is 0.332. The molecule has 2 heterocycles. The molecule has 1 aliphatic heterocycles. The van der Waals surface area contributed by atoms with Crippen molar-refractivity contribution in [1.29, 1.82) is 0 Å². The second-order valence-corrected chi connectivity index (χ2v) is 5.39. The van der Waals surface area contributed by atoms with Crippen LogP contribution in [0.3, 0.4) is 0 Å². The van der Waals surface area contributed by atoms with Crippen LogP contribution in [0.2, 0.25) is 0 Å². The van der Waals surface area contributed by atoms with Crippen LogP contribution in [0, 0.1) is 0 Å². The van der Waals surface area contributed by atoms with Crippen LogP contribution in [0.15, 0.2) is 35.0 Å². The smallest absolute Gasteiger partial charge is 0.124 e. The minimum Gasteiger partial charge on any atom is -0.497 e. The average molecular weight is 275 g/mol. The van der Waals surface area contributed by atoms with Crippen molar-refractivity contribution in [2.75, 3.05) is 13.7 Å². The maximum absolute atomic E-state index is 5.70. The van der Waals surface area contributed by atoms with Gasteiger partial charge in [-0.25, -0.2) is 0 Å². The average Bonchev–Trinajstić information content (AvgIpc) is 2.97. The highest BCUT2D eigenvalue weighted by Gasteiger charge is 2.21. The van der Waals surface area contributed by atoms with Gasteiger partial charge in [-0.1, -0.05) is 0 Å². The lowest BCUT2D eigenvalue weighted by molar-refractivity contribution is 0.251. The van der Waals surface area contributed by atoms with Crippen molar-refractivity contribution < 1.29 is 9.47 Å². The predicted molar refractivity (Wildman–Crippen MR) is 77.0 cm³/mol. The van der Waals surface area contributed by atoms with Gasteiger partial charge in [0.1, 0.15) is 11.5 Å². The molecule has 100 valence electrons. The molecule has 1 atom stereocenters. The van der Waals surface area contributed by atoms with Crippen LogP contribution in [0.4, 0.5) is 0 Å². The number of nitrogens with one attached hydrogen (secondary N) is 1. The largest absolute Gasteiger partial charge is 0.497 e. The summed E-state index contributed by atoms with van der Waals surface area (Å²) in [5.74, 6) is 1.85. The van der Waals surface area contributed by atoms with Crippen LogP contribution in [0.25, 0.3) is 0 Å². The third kappa shape index (κ3) is 2.74. The Labute approximate surface area is 117 Å². The first-order chi connectivity index (χ1) is 9.36. The summed E-state index contributed by atoms with van der Waals surface area (Å²) in [5.41, 5.74) is 2.53. The van der Waals surface area contributed by atoms with Gasteiger partial charge in [-0.2, -0.15) is 11.3 Å². The third-order valence-electron chi connectivity index (χ3n) is 3.39. The maximum atomic E-state index is 5.70. The van der Waals surface area contributed by atoms with Gasteiger partial charge in [0.05, 0.1) is 13.7 Å². The van der Waals surface area contributed by atoms with Crippen molar-refractivity contribution in [2.24, 2.45) is 0 Å². The Morgan fingerprint density at radius 1 is 1.42 bits per heavy atom. The van der Waals surface area contributed by atoms with E-state index in [4.69, 9.17) is 9.47 Å². The van der Waals surface area contributed by atoms with Crippen LogP contribution >= 0.6 is 11.3 Å². The molecule has 0 saturated carbocycles. The van der Waals surface area contributed by atoms with Gasteiger partial charge in [0.15, 0.2) is 0 Å². The Morgan fingerprint density at radius 2 is 2.37 bits per heavy atom. The maximum Gasteiger partial charge on any atom is 0.124 e. The molecule has 4 heteroatoms. The van der Waals surface area contributed by atoms with E-state index in [9.17, 15) is 0 Å². The summed E-state index contributed by atoms with van der Waals surface area (Å²) in [6.07, 6.45) is 0.990. The molecule has 3 nitrogen and oxygen atoms in total. The molecule has 1 N–H and O–H groups in total. The SMILES string of the molecule is COc1ccc2c(c1)C(NCc1ccsc1)CCO2. The Balaban J connectivity index is 1.77. The van der Waals surface area contributed by atoms with Crippen molar-refractivity contribution in [3.8, 4) is 11.5 Å². The summed E-state index contributed by atoms with van der Waals surface area (Å²) in [4.78, 5) is 0. The molecule has 1 aromatic carbocycles. The lowest BCUT2D eigenvalue weighted by Crippen LogP contribution is -2.26. The number of hydrogen-bond acceptors (Lipinski definition) is 4. The Hall–Kier alpha value is -1.52. The molecule has 1 aliphatic rings. The first kappa shape index (κ1) is 12.5. The molecule has 1 unspecified atom stereocenters. The Morgan fingerprint density at radius 3 is 3.16 bits per heavy atom. The molecule has 0 aliphatic carbocycles. The Kier molecular flexibility index (Phi) is 3.71. The van der Waals surface area contributed by atoms with Gasteiger partial charge in [0.2, 0.25) is 0 Å². The molecule has 0 saturated heterocycles. The quantitative estimate of drug-likeness (QED) is 0.928. The second kappa shape index (κ2) is 5.63. The summed E-state index contributed by atoms with van der Waals surface area (Å²) < 4.78 is 11.0. The first-order valence-corrected chi connectivity index (χ1v) is 7.36. The van der Waals surface area contributed by atoms with Gasteiger partial charge in [-0.3, -0.25) is 0 Å². The standard InChI is InChI=1S/C15H17NO2S/c1-17-12-2-3-15-13(8-12)14(4-6-18-15)16-9-11-5-7-19-10-11/h2-3,5,7-8,10,14,16H,4,6,9H2,1H3. The molecule has 19 heavy (non-hydrogen) atoms. The zero-order valence-corrected chi connectivity index (χ0v) is 11.7. The summed E-state index contributed by atoms with van der Waals surface area (Å²) in [6, 6.07) is 8.49. The fraction of sp³-hybridized carbons (Fsp3) is 0.333. The van der Waals surface area contributed by atoms with Gasteiger partial charge in [0, 0.05) is 24.6 Å². The number of rotatable bonds is 4. The van der Waals surface area contributed by atoms with Crippen molar-refractivity contribution in [3.05, 3.63) is 46.2 Å². The van der Waals surface area contributed by atoms with Crippen molar-refractivity contribution in [2.45, 2.75) is 19.0 Å². The van der Waals surface area contributed by atoms with E-state index in [1.807, 2.05) is 12.1 Å². The number of thiophene rings is 1. The third-order valence-corrected chi connectivity index (χ3v) is 4.12. The normalized spacial score (nSPS) is 17.6. The molecule has 0 spiro atoms. The van der Waals surface area contributed by atoms with E-state index in [-0.39, 0.29) is 0 Å². The minimum absolute atomic E-state index is 0.332. The van der Waals surface area contributed by atoms with Crippen LogP contribution in [0.5, 0.6) is 11.5 Å². The van der Waals surface area contributed by atoms with Gasteiger partial charge >= 0.3 is 0 Å². The highest BCUT2D eigenvalue weighted by atomic mass is 32.1. The summed E-state index contributed by atoms with van der Waals surface area (Å²) in [5, 5.41) is 7.89. The molecule has 0 amide bonds. The van der Waals surface area contributed by atoms with E-state index in [1.165, 1.54) is 11.1 Å². The summed E-state index contributed by atoms with van der Waals surface area (Å²) in [6.45, 7) is 1.66. The fourth-order valence-electron chi connectivity index (χ4n) is 2.35. The molecule has 1 aromatic heterocycles. The fourth-order valence-corrected chi connectivity index (χ4v) is 3.01. The number of ether oxygens (including phenoxy) is 2. The molecule has 0 bridgehead atoms. The van der Waals surface area contributed by atoms with Crippen molar-refractivity contribution in [1.82, 2.24) is 5.32 Å².